The van der Waals surface area contributed by atoms with Crippen LogP contribution in [0.3, 0.4) is 0 Å². The normalized spacial score (nSPS) is 9.83. The van der Waals surface area contributed by atoms with Crippen molar-refractivity contribution < 1.29 is 4.74 Å². The zero-order valence-electron chi connectivity index (χ0n) is 9.42. The van der Waals surface area contributed by atoms with Gasteiger partial charge in [-0.2, -0.15) is 10.4 Å². The summed E-state index contributed by atoms with van der Waals surface area (Å²) in [5.41, 5.74) is 0.0957. The molecule has 0 fully saturated rings. The molecule has 0 bridgehead atoms. The molecule has 2 aromatic rings. The Bertz CT molecular complexity index is 671. The summed E-state index contributed by atoms with van der Waals surface area (Å²) in [5, 5.41) is 12.4. The van der Waals surface area contributed by atoms with Crippen LogP contribution >= 0.6 is 11.6 Å². The van der Waals surface area contributed by atoms with Crippen LogP contribution in [0.25, 0.3) is 0 Å². The summed E-state index contributed by atoms with van der Waals surface area (Å²) in [6, 6.07) is 8.45. The van der Waals surface area contributed by atoms with Crippen LogP contribution in [0.5, 0.6) is 11.5 Å². The molecule has 90 valence electrons. The molecule has 0 aliphatic rings. The predicted molar refractivity (Wildman–Crippen MR) is 65.7 cm³/mol. The summed E-state index contributed by atoms with van der Waals surface area (Å²) in [6.45, 7) is 0. The second kappa shape index (κ2) is 4.90. The highest BCUT2D eigenvalue weighted by Gasteiger charge is 2.09. The minimum absolute atomic E-state index is 0.0307. The number of halogens is 1. The maximum absolute atomic E-state index is 11.5. The molecular weight excluding hydrogens is 254 g/mol. The maximum Gasteiger partial charge on any atom is 0.289 e. The molecule has 1 aromatic heterocycles. The van der Waals surface area contributed by atoms with Crippen molar-refractivity contribution in [2.24, 2.45) is 7.05 Å². The number of hydrogen-bond donors (Lipinski definition) is 0. The molecule has 6 heteroatoms. The van der Waals surface area contributed by atoms with E-state index in [1.54, 1.807) is 24.3 Å². The third-order valence-electron chi connectivity index (χ3n) is 2.26. The van der Waals surface area contributed by atoms with Crippen molar-refractivity contribution in [3.63, 3.8) is 0 Å². The fraction of sp³-hybridized carbons (Fsp3) is 0.0833. The average molecular weight is 262 g/mol. The van der Waals surface area contributed by atoms with Gasteiger partial charge < -0.3 is 4.74 Å². The van der Waals surface area contributed by atoms with E-state index in [0.717, 1.165) is 4.68 Å². The van der Waals surface area contributed by atoms with Crippen LogP contribution in [0.2, 0.25) is 5.02 Å². The van der Waals surface area contributed by atoms with Crippen molar-refractivity contribution in [2.75, 3.05) is 0 Å². The fourth-order valence-corrected chi connectivity index (χ4v) is 1.50. The SMILES string of the molecule is Cn1ncc(Oc2ccc(C#N)cc2)c(Cl)c1=O. The first-order valence-corrected chi connectivity index (χ1v) is 5.39. The molecule has 0 N–H and O–H groups in total. The molecule has 18 heavy (non-hydrogen) atoms. The Morgan fingerprint density at radius 1 is 1.39 bits per heavy atom. The molecule has 1 aromatic carbocycles. The number of benzene rings is 1. The molecule has 0 amide bonds. The molecule has 0 saturated heterocycles. The lowest BCUT2D eigenvalue weighted by Gasteiger charge is -2.07. The Labute approximate surface area is 108 Å². The second-order valence-electron chi connectivity index (χ2n) is 3.49. The molecule has 1 heterocycles. The highest BCUT2D eigenvalue weighted by Crippen LogP contribution is 2.25. The van der Waals surface area contributed by atoms with Gasteiger partial charge in [-0.15, -0.1) is 0 Å². The van der Waals surface area contributed by atoms with E-state index in [1.165, 1.54) is 13.2 Å². The van der Waals surface area contributed by atoms with Crippen LogP contribution in [0.15, 0.2) is 35.3 Å². The average Bonchev–Trinajstić information content (AvgIpc) is 2.40. The lowest BCUT2D eigenvalue weighted by Crippen LogP contribution is -2.19. The number of aromatic nitrogens is 2. The van der Waals surface area contributed by atoms with E-state index in [1.807, 2.05) is 6.07 Å². The van der Waals surface area contributed by atoms with Gasteiger partial charge in [-0.25, -0.2) is 4.68 Å². The number of nitriles is 1. The topological polar surface area (TPSA) is 67.9 Å². The van der Waals surface area contributed by atoms with E-state index in [9.17, 15) is 4.79 Å². The second-order valence-corrected chi connectivity index (χ2v) is 3.87. The van der Waals surface area contributed by atoms with Crippen molar-refractivity contribution in [3.05, 3.63) is 51.4 Å². The van der Waals surface area contributed by atoms with Crippen LogP contribution in [0.1, 0.15) is 5.56 Å². The lowest BCUT2D eigenvalue weighted by atomic mass is 10.2. The highest BCUT2D eigenvalue weighted by molar-refractivity contribution is 6.31. The van der Waals surface area contributed by atoms with Gasteiger partial charge in [0.25, 0.3) is 5.56 Å². The fourth-order valence-electron chi connectivity index (χ4n) is 1.29. The van der Waals surface area contributed by atoms with Gasteiger partial charge in [0.2, 0.25) is 0 Å². The standard InChI is InChI=1S/C12H8ClN3O2/c1-16-12(17)11(13)10(7-15-16)18-9-4-2-8(6-14)3-5-9/h2-5,7H,1H3. The van der Waals surface area contributed by atoms with Crippen LogP contribution < -0.4 is 10.3 Å². The number of nitrogens with zero attached hydrogens (tertiary/aromatic N) is 3. The Kier molecular flexibility index (Phi) is 3.31. The quantitative estimate of drug-likeness (QED) is 0.830. The van der Waals surface area contributed by atoms with E-state index in [-0.39, 0.29) is 10.8 Å². The zero-order chi connectivity index (χ0) is 13.1. The molecule has 0 atom stereocenters. The summed E-state index contributed by atoms with van der Waals surface area (Å²) < 4.78 is 6.55. The predicted octanol–water partition coefficient (Wildman–Crippen LogP) is 2.10. The van der Waals surface area contributed by atoms with E-state index in [0.29, 0.717) is 11.3 Å². The number of ether oxygens (including phenoxy) is 1. The molecule has 0 saturated carbocycles. The van der Waals surface area contributed by atoms with Crippen molar-refractivity contribution in [1.29, 1.82) is 5.26 Å². The van der Waals surface area contributed by atoms with E-state index in [4.69, 9.17) is 21.6 Å². The van der Waals surface area contributed by atoms with Crippen LogP contribution in [0, 0.1) is 11.3 Å². The first-order chi connectivity index (χ1) is 8.61. The Morgan fingerprint density at radius 3 is 2.67 bits per heavy atom. The molecule has 0 aliphatic carbocycles. The van der Waals surface area contributed by atoms with Gasteiger partial charge in [0, 0.05) is 7.05 Å². The summed E-state index contributed by atoms with van der Waals surface area (Å²) >= 11 is 5.86. The summed E-state index contributed by atoms with van der Waals surface area (Å²) in [4.78, 5) is 11.5. The summed E-state index contributed by atoms with van der Waals surface area (Å²) in [5.74, 6) is 0.662. The van der Waals surface area contributed by atoms with E-state index in [2.05, 4.69) is 5.10 Å². The van der Waals surface area contributed by atoms with Crippen molar-refractivity contribution >= 4 is 11.6 Å². The summed E-state index contributed by atoms with van der Waals surface area (Å²) in [7, 11) is 1.50. The Morgan fingerprint density at radius 2 is 2.06 bits per heavy atom. The van der Waals surface area contributed by atoms with Crippen LogP contribution in [-0.4, -0.2) is 9.78 Å². The number of hydrogen-bond acceptors (Lipinski definition) is 4. The van der Waals surface area contributed by atoms with Crippen LogP contribution in [-0.2, 0) is 7.05 Å². The van der Waals surface area contributed by atoms with Gasteiger partial charge >= 0.3 is 0 Å². The molecule has 0 spiro atoms. The molecular formula is C12H8ClN3O2. The van der Waals surface area contributed by atoms with E-state index >= 15 is 0 Å². The monoisotopic (exact) mass is 261 g/mol. The molecule has 2 rings (SSSR count). The minimum atomic E-state index is -0.428. The molecule has 0 unspecified atom stereocenters. The van der Waals surface area contributed by atoms with Gasteiger partial charge in [0.05, 0.1) is 17.8 Å². The van der Waals surface area contributed by atoms with Gasteiger partial charge in [-0.05, 0) is 24.3 Å². The number of aryl methyl sites for hydroxylation is 1. The van der Waals surface area contributed by atoms with Crippen molar-refractivity contribution in [3.8, 4) is 17.6 Å². The third-order valence-corrected chi connectivity index (χ3v) is 2.61. The van der Waals surface area contributed by atoms with E-state index < -0.39 is 5.56 Å². The zero-order valence-corrected chi connectivity index (χ0v) is 10.2. The summed E-state index contributed by atoms with van der Waals surface area (Å²) in [6.07, 6.45) is 1.36. The van der Waals surface area contributed by atoms with Crippen molar-refractivity contribution in [1.82, 2.24) is 9.78 Å². The first kappa shape index (κ1) is 12.1. The van der Waals surface area contributed by atoms with Crippen LogP contribution in [0.4, 0.5) is 0 Å². The van der Waals surface area contributed by atoms with Crippen molar-refractivity contribution in [2.45, 2.75) is 0 Å². The van der Waals surface area contributed by atoms with Gasteiger partial charge in [-0.3, -0.25) is 4.79 Å². The molecule has 0 radical (unpaired) electrons. The number of rotatable bonds is 2. The largest absolute Gasteiger partial charge is 0.454 e. The smallest absolute Gasteiger partial charge is 0.289 e. The van der Waals surface area contributed by atoms with Gasteiger partial charge in [-0.1, -0.05) is 11.6 Å². The first-order valence-electron chi connectivity index (χ1n) is 5.01. The highest BCUT2D eigenvalue weighted by atomic mass is 35.5. The van der Waals surface area contributed by atoms with Gasteiger partial charge in [0.15, 0.2) is 10.8 Å². The van der Waals surface area contributed by atoms with Gasteiger partial charge in [0.1, 0.15) is 5.75 Å². The molecule has 0 aliphatic heterocycles. The molecule has 5 nitrogen and oxygen atoms in total. The maximum atomic E-state index is 11.5. The Balaban J connectivity index is 2.32. The Hall–Kier alpha value is -2.32. The minimum Gasteiger partial charge on any atom is -0.454 e. The lowest BCUT2D eigenvalue weighted by molar-refractivity contribution is 0.473. The third kappa shape index (κ3) is 2.34.